The van der Waals surface area contributed by atoms with E-state index in [0.717, 1.165) is 44.2 Å². The van der Waals surface area contributed by atoms with Crippen LogP contribution in [0.5, 0.6) is 11.5 Å². The molecule has 0 bridgehead atoms. The summed E-state index contributed by atoms with van der Waals surface area (Å²) >= 11 is 1.83. The molecule has 0 atom stereocenters. The number of ether oxygens (including phenoxy) is 2. The first kappa shape index (κ1) is 16.4. The molecule has 1 amide bonds. The van der Waals surface area contributed by atoms with E-state index in [2.05, 4.69) is 22.8 Å². The van der Waals surface area contributed by atoms with Crippen molar-refractivity contribution in [2.45, 2.75) is 6.54 Å². The van der Waals surface area contributed by atoms with E-state index in [1.54, 1.807) is 4.90 Å². The molecule has 4 rings (SSSR count). The van der Waals surface area contributed by atoms with Crippen LogP contribution in [0.25, 0.3) is 0 Å². The summed E-state index contributed by atoms with van der Waals surface area (Å²) in [6, 6.07) is 9.82. The Labute approximate surface area is 150 Å². The maximum absolute atomic E-state index is 12.3. The molecule has 1 aromatic carbocycles. The zero-order valence-corrected chi connectivity index (χ0v) is 14.9. The van der Waals surface area contributed by atoms with Crippen LogP contribution in [-0.2, 0) is 11.3 Å². The highest BCUT2D eigenvalue weighted by molar-refractivity contribution is 7.09. The third kappa shape index (κ3) is 4.12. The van der Waals surface area contributed by atoms with Gasteiger partial charge in [-0.15, -0.1) is 11.3 Å². The number of carbonyl (C=O) groups excluding carboxylic acids is 1. The van der Waals surface area contributed by atoms with Gasteiger partial charge in [0.05, 0.1) is 4.88 Å². The minimum atomic E-state index is 0.0515. The number of benzene rings is 1. The monoisotopic (exact) mass is 361 g/mol. The predicted octanol–water partition coefficient (Wildman–Crippen LogP) is -0.601. The van der Waals surface area contributed by atoms with Crippen molar-refractivity contribution in [2.75, 3.05) is 44.8 Å². The van der Waals surface area contributed by atoms with E-state index in [1.165, 1.54) is 9.78 Å². The Morgan fingerprint density at radius 3 is 2.68 bits per heavy atom. The van der Waals surface area contributed by atoms with Gasteiger partial charge < -0.3 is 24.6 Å². The van der Waals surface area contributed by atoms with Crippen LogP contribution in [0.1, 0.15) is 4.88 Å². The van der Waals surface area contributed by atoms with Crippen molar-refractivity contribution >= 4 is 22.9 Å². The lowest BCUT2D eigenvalue weighted by molar-refractivity contribution is -1.01. The highest BCUT2D eigenvalue weighted by Gasteiger charge is 2.25. The second kappa shape index (κ2) is 7.43. The number of hydrogen-bond acceptors (Lipinski definition) is 4. The van der Waals surface area contributed by atoms with Gasteiger partial charge in [0.1, 0.15) is 32.7 Å². The summed E-state index contributed by atoms with van der Waals surface area (Å²) in [6.07, 6.45) is 0. The topological polar surface area (TPSA) is 56.4 Å². The first-order valence-corrected chi connectivity index (χ1v) is 9.53. The molecule has 3 N–H and O–H groups in total. The molecule has 25 heavy (non-hydrogen) atoms. The summed E-state index contributed by atoms with van der Waals surface area (Å²) < 4.78 is 10.6. The summed E-state index contributed by atoms with van der Waals surface area (Å²) in [7, 11) is 0. The second-order valence-corrected chi connectivity index (χ2v) is 7.58. The van der Waals surface area contributed by atoms with Gasteiger partial charge in [-0.05, 0) is 23.6 Å². The van der Waals surface area contributed by atoms with Crippen molar-refractivity contribution < 1.29 is 24.1 Å². The molecule has 0 unspecified atom stereocenters. The molecule has 2 aromatic rings. The smallest absolute Gasteiger partial charge is 0.279 e. The summed E-state index contributed by atoms with van der Waals surface area (Å²) in [5.41, 5.74) is 0.760. The number of piperazine rings is 1. The summed E-state index contributed by atoms with van der Waals surface area (Å²) in [6.45, 7) is 6.17. The van der Waals surface area contributed by atoms with Gasteiger partial charge in [-0.1, -0.05) is 6.07 Å². The van der Waals surface area contributed by atoms with Crippen LogP contribution < -0.4 is 24.6 Å². The number of quaternary nitrogens is 2. The number of anilines is 1. The van der Waals surface area contributed by atoms with Gasteiger partial charge in [0.2, 0.25) is 6.79 Å². The standard InChI is InChI=1S/C18H21N3O3S/c22-18(19-14-3-4-16-17(10-14)24-13-23-16)12-21-7-5-20(6-8-21)11-15-2-1-9-25-15/h1-4,9-10H,5-8,11-13H2,(H,19,22)/p+2. The van der Waals surface area contributed by atoms with Gasteiger partial charge >= 0.3 is 0 Å². The maximum atomic E-state index is 12.3. The van der Waals surface area contributed by atoms with E-state index in [9.17, 15) is 4.79 Å². The number of thiophene rings is 1. The van der Waals surface area contributed by atoms with E-state index < -0.39 is 0 Å². The van der Waals surface area contributed by atoms with Crippen LogP contribution in [0.3, 0.4) is 0 Å². The minimum Gasteiger partial charge on any atom is -0.454 e. The molecular formula is C18H23N3O3S+2. The molecule has 7 heteroatoms. The Hall–Kier alpha value is -2.09. The van der Waals surface area contributed by atoms with Crippen LogP contribution in [0, 0.1) is 0 Å². The molecule has 0 aliphatic carbocycles. The fourth-order valence-electron chi connectivity index (χ4n) is 3.38. The van der Waals surface area contributed by atoms with Crippen molar-refractivity contribution in [3.63, 3.8) is 0 Å². The van der Waals surface area contributed by atoms with E-state index in [-0.39, 0.29) is 12.7 Å². The van der Waals surface area contributed by atoms with Crippen LogP contribution in [0.4, 0.5) is 5.69 Å². The molecule has 0 saturated carbocycles. The van der Waals surface area contributed by atoms with Gasteiger partial charge in [-0.2, -0.15) is 0 Å². The third-order valence-corrected chi connectivity index (χ3v) is 5.61. The molecule has 1 aromatic heterocycles. The Morgan fingerprint density at radius 1 is 1.08 bits per heavy atom. The Balaban J connectivity index is 1.23. The molecule has 3 heterocycles. The van der Waals surface area contributed by atoms with E-state index in [4.69, 9.17) is 9.47 Å². The lowest BCUT2D eigenvalue weighted by Gasteiger charge is -2.29. The van der Waals surface area contributed by atoms with Gasteiger partial charge in [-0.3, -0.25) is 4.79 Å². The van der Waals surface area contributed by atoms with Crippen LogP contribution in [0.2, 0.25) is 0 Å². The van der Waals surface area contributed by atoms with E-state index in [1.807, 2.05) is 29.5 Å². The Bertz CT molecular complexity index is 727. The number of hydrogen-bond donors (Lipinski definition) is 3. The predicted molar refractivity (Wildman–Crippen MR) is 95.5 cm³/mol. The van der Waals surface area contributed by atoms with Crippen molar-refractivity contribution in [1.29, 1.82) is 0 Å². The molecular weight excluding hydrogens is 338 g/mol. The van der Waals surface area contributed by atoms with Crippen molar-refractivity contribution in [1.82, 2.24) is 0 Å². The summed E-state index contributed by atoms with van der Waals surface area (Å²) in [5.74, 6) is 1.47. The maximum Gasteiger partial charge on any atom is 0.279 e. The molecule has 1 fully saturated rings. The molecule has 0 radical (unpaired) electrons. The normalized spacial score (nSPS) is 21.9. The zero-order valence-electron chi connectivity index (χ0n) is 14.0. The SMILES string of the molecule is O=C(C[NH+]1CC[NH+](Cc2cccs2)CC1)Nc1ccc2c(c1)OCO2. The number of amides is 1. The molecule has 132 valence electrons. The lowest BCUT2D eigenvalue weighted by atomic mass is 10.2. The first-order valence-electron chi connectivity index (χ1n) is 8.65. The van der Waals surface area contributed by atoms with E-state index in [0.29, 0.717) is 12.3 Å². The minimum absolute atomic E-state index is 0.0515. The number of nitrogens with one attached hydrogen (secondary N) is 3. The highest BCUT2D eigenvalue weighted by atomic mass is 32.1. The van der Waals surface area contributed by atoms with Crippen LogP contribution in [-0.4, -0.2) is 45.4 Å². The fraction of sp³-hybridized carbons (Fsp3) is 0.389. The summed E-state index contributed by atoms with van der Waals surface area (Å²) in [5, 5.41) is 5.10. The zero-order chi connectivity index (χ0) is 17.1. The third-order valence-electron chi connectivity index (χ3n) is 4.74. The van der Waals surface area contributed by atoms with Gasteiger partial charge in [-0.25, -0.2) is 0 Å². The van der Waals surface area contributed by atoms with Crippen molar-refractivity contribution in [2.24, 2.45) is 0 Å². The molecule has 2 aliphatic rings. The van der Waals surface area contributed by atoms with Gasteiger partial charge in [0, 0.05) is 11.8 Å². The average molecular weight is 361 g/mol. The number of carbonyl (C=O) groups is 1. The average Bonchev–Trinajstić information content (AvgIpc) is 3.27. The van der Waals surface area contributed by atoms with Gasteiger partial charge in [0.25, 0.3) is 5.91 Å². The first-order chi connectivity index (χ1) is 12.3. The van der Waals surface area contributed by atoms with Crippen molar-refractivity contribution in [3.8, 4) is 11.5 Å². The van der Waals surface area contributed by atoms with Crippen LogP contribution >= 0.6 is 11.3 Å². The lowest BCUT2D eigenvalue weighted by Crippen LogP contribution is -3.28. The second-order valence-electron chi connectivity index (χ2n) is 6.55. The number of fused-ring (bicyclic) bond motifs is 1. The van der Waals surface area contributed by atoms with E-state index >= 15 is 0 Å². The largest absolute Gasteiger partial charge is 0.454 e. The number of rotatable bonds is 5. The Morgan fingerprint density at radius 2 is 1.88 bits per heavy atom. The Kier molecular flexibility index (Phi) is 4.87. The fourth-order valence-corrected chi connectivity index (χ4v) is 4.15. The summed E-state index contributed by atoms with van der Waals surface area (Å²) in [4.78, 5) is 16.7. The van der Waals surface area contributed by atoms with Gasteiger partial charge in [0.15, 0.2) is 18.0 Å². The van der Waals surface area contributed by atoms with Crippen molar-refractivity contribution in [3.05, 3.63) is 40.6 Å². The quantitative estimate of drug-likeness (QED) is 0.667. The van der Waals surface area contributed by atoms with Crippen LogP contribution in [0.15, 0.2) is 35.7 Å². The molecule has 2 aliphatic heterocycles. The molecule has 6 nitrogen and oxygen atoms in total. The molecule has 0 spiro atoms. The highest BCUT2D eigenvalue weighted by Crippen LogP contribution is 2.34. The molecule has 1 saturated heterocycles.